The zero-order chi connectivity index (χ0) is 21.0. The number of hydrogen-bond acceptors (Lipinski definition) is 4. The van der Waals surface area contributed by atoms with Crippen LogP contribution in [0.3, 0.4) is 0 Å². The number of hydrogen-bond donors (Lipinski definition) is 2. The lowest BCUT2D eigenvalue weighted by Gasteiger charge is -2.35. The summed E-state index contributed by atoms with van der Waals surface area (Å²) in [5, 5.41) is 6.61. The van der Waals surface area contributed by atoms with Gasteiger partial charge in [0.2, 0.25) is 5.91 Å². The Hall–Kier alpha value is -3.19. The van der Waals surface area contributed by atoms with E-state index in [2.05, 4.69) is 10.6 Å². The molecule has 1 heterocycles. The lowest BCUT2D eigenvalue weighted by atomic mass is 9.95. The lowest BCUT2D eigenvalue weighted by Crippen LogP contribution is -2.46. The van der Waals surface area contributed by atoms with E-state index in [0.29, 0.717) is 16.4 Å². The van der Waals surface area contributed by atoms with E-state index < -0.39 is 12.0 Å². The smallest absolute Gasteiger partial charge is 0.337 e. The molecule has 2 aromatic carbocycles. The number of carbonyl (C=O) groups is 2. The van der Waals surface area contributed by atoms with Gasteiger partial charge in [0, 0.05) is 18.4 Å². The van der Waals surface area contributed by atoms with Crippen LogP contribution < -0.4 is 10.6 Å². The molecule has 0 spiro atoms. The largest absolute Gasteiger partial charge is 0.466 e. The fourth-order valence-corrected chi connectivity index (χ4v) is 3.50. The first-order valence-corrected chi connectivity index (χ1v) is 9.58. The summed E-state index contributed by atoms with van der Waals surface area (Å²) in [7, 11) is 3.15. The highest BCUT2D eigenvalue weighted by molar-refractivity contribution is 7.80. The number of allylic oxidation sites excluding steroid dienone is 1. The molecule has 1 atom stereocenters. The Morgan fingerprint density at radius 3 is 2.59 bits per heavy atom. The molecule has 0 aromatic heterocycles. The monoisotopic (exact) mass is 409 g/mol. The summed E-state index contributed by atoms with van der Waals surface area (Å²) in [5.41, 5.74) is 3.60. The minimum atomic E-state index is -0.461. The number of amides is 1. The maximum Gasteiger partial charge on any atom is 0.337 e. The highest BCUT2D eigenvalue weighted by atomic mass is 32.1. The number of rotatable bonds is 5. The summed E-state index contributed by atoms with van der Waals surface area (Å²) in [4.78, 5) is 26.6. The molecule has 7 heteroatoms. The molecule has 6 nitrogen and oxygen atoms in total. The van der Waals surface area contributed by atoms with E-state index in [1.165, 1.54) is 7.11 Å². The average Bonchev–Trinajstić information content (AvgIpc) is 2.72. The number of methoxy groups -OCH3 is 1. The maximum absolute atomic E-state index is 12.4. The number of thiocarbonyl (C=S) groups is 1. The zero-order valence-corrected chi connectivity index (χ0v) is 17.4. The van der Waals surface area contributed by atoms with Crippen molar-refractivity contribution in [3.8, 4) is 0 Å². The van der Waals surface area contributed by atoms with E-state index in [0.717, 1.165) is 16.8 Å². The first-order chi connectivity index (χ1) is 13.9. The van der Waals surface area contributed by atoms with Gasteiger partial charge in [0.15, 0.2) is 5.11 Å². The summed E-state index contributed by atoms with van der Waals surface area (Å²) < 4.78 is 4.98. The van der Waals surface area contributed by atoms with Crippen molar-refractivity contribution in [3.63, 3.8) is 0 Å². The molecule has 0 radical (unpaired) electrons. The Morgan fingerprint density at radius 2 is 1.90 bits per heavy atom. The van der Waals surface area contributed by atoms with Gasteiger partial charge in [0.1, 0.15) is 0 Å². The van der Waals surface area contributed by atoms with Crippen molar-refractivity contribution in [1.29, 1.82) is 0 Å². The highest BCUT2D eigenvalue weighted by Crippen LogP contribution is 2.31. The number of esters is 1. The average molecular weight is 410 g/mol. The highest BCUT2D eigenvalue weighted by Gasteiger charge is 2.33. The van der Waals surface area contributed by atoms with Crippen LogP contribution in [0.25, 0.3) is 0 Å². The third-order valence-electron chi connectivity index (χ3n) is 4.87. The summed E-state index contributed by atoms with van der Waals surface area (Å²) in [6.45, 7) is 1.83. The van der Waals surface area contributed by atoms with E-state index in [1.54, 1.807) is 11.9 Å². The molecule has 2 N–H and O–H groups in total. The lowest BCUT2D eigenvalue weighted by molar-refractivity contribution is -0.136. The minimum Gasteiger partial charge on any atom is -0.466 e. The third-order valence-corrected chi connectivity index (χ3v) is 5.26. The first-order valence-electron chi connectivity index (χ1n) is 9.17. The number of anilines is 1. The third kappa shape index (κ3) is 4.63. The van der Waals surface area contributed by atoms with E-state index in [-0.39, 0.29) is 12.3 Å². The number of ether oxygens (including phenoxy) is 1. The second-order valence-corrected chi connectivity index (χ2v) is 7.15. The summed E-state index contributed by atoms with van der Waals surface area (Å²) in [6.07, 6.45) is 0.286. The summed E-state index contributed by atoms with van der Waals surface area (Å²) in [6, 6.07) is 16.5. The van der Waals surface area contributed by atoms with Crippen molar-refractivity contribution < 1.29 is 14.3 Å². The van der Waals surface area contributed by atoms with Crippen LogP contribution in [-0.4, -0.2) is 36.0 Å². The van der Waals surface area contributed by atoms with Crippen LogP contribution in [0.2, 0.25) is 0 Å². The van der Waals surface area contributed by atoms with Crippen molar-refractivity contribution >= 4 is 34.9 Å². The van der Waals surface area contributed by atoms with Gasteiger partial charge in [-0.1, -0.05) is 42.5 Å². The van der Waals surface area contributed by atoms with Gasteiger partial charge in [0.05, 0.1) is 25.1 Å². The van der Waals surface area contributed by atoms with Crippen molar-refractivity contribution in [2.45, 2.75) is 19.4 Å². The van der Waals surface area contributed by atoms with Gasteiger partial charge in [0.25, 0.3) is 0 Å². The Balaban J connectivity index is 1.85. The Kier molecular flexibility index (Phi) is 6.29. The quantitative estimate of drug-likeness (QED) is 0.584. The Labute approximate surface area is 175 Å². The van der Waals surface area contributed by atoms with Gasteiger partial charge in [-0.2, -0.15) is 0 Å². The second-order valence-electron chi connectivity index (χ2n) is 6.77. The molecular formula is C22H23N3O3S. The standard InChI is InChI=1S/C22H23N3O3S/c1-14-19(21(27)28-3)20(24-22(29)25(14)2)16-10-7-11-17(13-16)23-18(26)12-15-8-5-4-6-9-15/h4-11,13,20H,12H2,1-3H3,(H,23,26)(H,24,29). The minimum absolute atomic E-state index is 0.111. The van der Waals surface area contributed by atoms with Gasteiger partial charge < -0.3 is 20.3 Å². The summed E-state index contributed by atoms with van der Waals surface area (Å²) >= 11 is 5.39. The molecule has 150 valence electrons. The Morgan fingerprint density at radius 1 is 1.17 bits per heavy atom. The molecule has 0 bridgehead atoms. The molecular weight excluding hydrogens is 386 g/mol. The molecule has 29 heavy (non-hydrogen) atoms. The van der Waals surface area contributed by atoms with Gasteiger partial charge in [-0.25, -0.2) is 4.79 Å². The molecule has 1 unspecified atom stereocenters. The Bertz CT molecular complexity index is 972. The summed E-state index contributed by atoms with van der Waals surface area (Å²) in [5.74, 6) is -0.534. The predicted molar refractivity (Wildman–Crippen MR) is 116 cm³/mol. The van der Waals surface area contributed by atoms with Crippen molar-refractivity contribution in [2.24, 2.45) is 0 Å². The van der Waals surface area contributed by atoms with Crippen LogP contribution in [-0.2, 0) is 20.7 Å². The van der Waals surface area contributed by atoms with E-state index in [4.69, 9.17) is 17.0 Å². The van der Waals surface area contributed by atoms with Crippen LogP contribution >= 0.6 is 12.2 Å². The first kappa shape index (κ1) is 20.5. The molecule has 1 aliphatic rings. The van der Waals surface area contributed by atoms with Crippen LogP contribution in [0.4, 0.5) is 5.69 Å². The van der Waals surface area contributed by atoms with Gasteiger partial charge >= 0.3 is 5.97 Å². The van der Waals surface area contributed by atoms with Gasteiger partial charge in [-0.3, -0.25) is 4.79 Å². The molecule has 0 fully saturated rings. The topological polar surface area (TPSA) is 70.7 Å². The van der Waals surface area contributed by atoms with E-state index in [9.17, 15) is 9.59 Å². The van der Waals surface area contributed by atoms with Gasteiger partial charge in [-0.05, 0) is 42.4 Å². The molecule has 0 saturated carbocycles. The molecule has 1 aliphatic heterocycles. The normalized spacial score (nSPS) is 16.3. The van der Waals surface area contributed by atoms with Crippen LogP contribution in [0, 0.1) is 0 Å². The maximum atomic E-state index is 12.4. The fraction of sp³-hybridized carbons (Fsp3) is 0.227. The number of benzene rings is 2. The molecule has 3 rings (SSSR count). The van der Waals surface area contributed by atoms with E-state index >= 15 is 0 Å². The second kappa shape index (κ2) is 8.87. The van der Waals surface area contributed by atoms with E-state index in [1.807, 2.05) is 61.5 Å². The predicted octanol–water partition coefficient (Wildman–Crippen LogP) is 3.18. The van der Waals surface area contributed by atoms with Crippen LogP contribution in [0.5, 0.6) is 0 Å². The fourth-order valence-electron chi connectivity index (χ4n) is 3.24. The molecule has 1 amide bonds. The zero-order valence-electron chi connectivity index (χ0n) is 16.6. The van der Waals surface area contributed by atoms with Crippen molar-refractivity contribution in [1.82, 2.24) is 10.2 Å². The molecule has 0 aliphatic carbocycles. The molecule has 2 aromatic rings. The van der Waals surface area contributed by atoms with Crippen LogP contribution in [0.15, 0.2) is 65.9 Å². The number of nitrogens with one attached hydrogen (secondary N) is 2. The van der Waals surface area contributed by atoms with Gasteiger partial charge in [-0.15, -0.1) is 0 Å². The number of nitrogens with zero attached hydrogens (tertiary/aromatic N) is 1. The molecule has 0 saturated heterocycles. The number of carbonyl (C=O) groups excluding carboxylic acids is 2. The van der Waals surface area contributed by atoms with Crippen LogP contribution in [0.1, 0.15) is 24.1 Å². The SMILES string of the molecule is COC(=O)C1=C(C)N(C)C(=S)NC1c1cccc(NC(=O)Cc2ccccc2)c1. The van der Waals surface area contributed by atoms with Crippen molar-refractivity contribution in [3.05, 3.63) is 77.0 Å². The van der Waals surface area contributed by atoms with Crippen molar-refractivity contribution in [2.75, 3.05) is 19.5 Å².